The number of ether oxygens (including phenoxy) is 3. The van der Waals surface area contributed by atoms with Gasteiger partial charge in [0.25, 0.3) is 0 Å². The van der Waals surface area contributed by atoms with E-state index in [0.717, 1.165) is 45.1 Å². The lowest BCUT2D eigenvalue weighted by atomic mass is 9.81. The molecule has 0 spiro atoms. The number of hydrogen-bond donors (Lipinski definition) is 1. The van der Waals surface area contributed by atoms with Crippen molar-refractivity contribution in [3.8, 4) is 0 Å². The summed E-state index contributed by atoms with van der Waals surface area (Å²) >= 11 is 0. The minimum absolute atomic E-state index is 0.0127. The van der Waals surface area contributed by atoms with Gasteiger partial charge in [0, 0.05) is 12.5 Å². The Kier molecular flexibility index (Phi) is 40.0. The van der Waals surface area contributed by atoms with Crippen LogP contribution in [-0.4, -0.2) is 44.5 Å². The molecule has 0 radical (unpaired) electrons. The Bertz CT molecular complexity index is 842. The van der Waals surface area contributed by atoms with Gasteiger partial charge in [-0.05, 0) is 75.7 Å². The maximum Gasteiger partial charge on any atom is 0.508 e. The van der Waals surface area contributed by atoms with Crippen LogP contribution >= 0.6 is 0 Å². The monoisotopic (exact) mass is 820 g/mol. The summed E-state index contributed by atoms with van der Waals surface area (Å²) in [4.78, 5) is 25.0. The Morgan fingerprint density at radius 3 is 1.24 bits per heavy atom. The van der Waals surface area contributed by atoms with E-state index in [1.807, 2.05) is 0 Å². The first-order valence-electron chi connectivity index (χ1n) is 26.2. The lowest BCUT2D eigenvalue weighted by Gasteiger charge is -2.35. The summed E-state index contributed by atoms with van der Waals surface area (Å²) in [6.07, 6.45) is 47.1. The summed E-state index contributed by atoms with van der Waals surface area (Å²) in [6, 6.07) is 0.541. The summed E-state index contributed by atoms with van der Waals surface area (Å²) in [6.45, 7) is 11.8. The molecule has 0 bridgehead atoms. The van der Waals surface area contributed by atoms with Crippen molar-refractivity contribution in [3.05, 3.63) is 0 Å². The van der Waals surface area contributed by atoms with Gasteiger partial charge in [-0.2, -0.15) is 0 Å². The molecule has 1 N–H and O–H groups in total. The van der Waals surface area contributed by atoms with Crippen LogP contribution in [0.4, 0.5) is 4.79 Å². The highest BCUT2D eigenvalue weighted by Gasteiger charge is 2.29. The van der Waals surface area contributed by atoms with E-state index in [1.165, 1.54) is 199 Å². The summed E-state index contributed by atoms with van der Waals surface area (Å²) in [5.74, 6) is 1.47. The summed E-state index contributed by atoms with van der Waals surface area (Å²) in [5, 5.41) is 3.70. The van der Waals surface area contributed by atoms with Crippen molar-refractivity contribution in [2.75, 3.05) is 26.4 Å². The third-order valence-electron chi connectivity index (χ3n) is 12.9. The zero-order valence-electron chi connectivity index (χ0n) is 39.5. The van der Waals surface area contributed by atoms with Crippen LogP contribution in [0.15, 0.2) is 0 Å². The maximum absolute atomic E-state index is 12.6. The molecule has 0 aromatic rings. The van der Waals surface area contributed by atoms with E-state index in [0.29, 0.717) is 50.0 Å². The summed E-state index contributed by atoms with van der Waals surface area (Å²) in [5.41, 5.74) is 0. The van der Waals surface area contributed by atoms with E-state index < -0.39 is 6.16 Å². The molecule has 58 heavy (non-hydrogen) atoms. The third kappa shape index (κ3) is 35.5. The van der Waals surface area contributed by atoms with Crippen molar-refractivity contribution in [1.82, 2.24) is 5.32 Å². The standard InChI is InChI=1S/C52H101NO5/c1-5-9-13-17-21-26-32-36-47(37-33-27-22-18-14-10-6-2)44-56-51(54)40-34-28-23-29-35-41-53-50-42-49(43-50)46-58-52(55)57-45-48(38-30-24-19-15-11-7-3)39-31-25-20-16-12-8-4/h47-50,53H,5-46H2,1-4H3. The molecule has 0 aromatic carbocycles. The quantitative estimate of drug-likeness (QED) is 0.0487. The van der Waals surface area contributed by atoms with Crippen molar-refractivity contribution < 1.29 is 23.8 Å². The summed E-state index contributed by atoms with van der Waals surface area (Å²) in [7, 11) is 0. The van der Waals surface area contributed by atoms with Crippen molar-refractivity contribution in [2.24, 2.45) is 17.8 Å². The molecule has 1 fully saturated rings. The first-order chi connectivity index (χ1) is 28.5. The number of rotatable bonds is 45. The van der Waals surface area contributed by atoms with Crippen molar-refractivity contribution in [1.29, 1.82) is 0 Å². The van der Waals surface area contributed by atoms with Crippen molar-refractivity contribution in [2.45, 2.75) is 278 Å². The van der Waals surface area contributed by atoms with Crippen LogP contribution in [0.25, 0.3) is 0 Å². The van der Waals surface area contributed by atoms with Gasteiger partial charge in [0.15, 0.2) is 0 Å². The second-order valence-electron chi connectivity index (χ2n) is 18.7. The van der Waals surface area contributed by atoms with Gasteiger partial charge < -0.3 is 19.5 Å². The van der Waals surface area contributed by atoms with E-state index in [-0.39, 0.29) is 5.97 Å². The van der Waals surface area contributed by atoms with Gasteiger partial charge >= 0.3 is 12.1 Å². The molecule has 1 rings (SSSR count). The predicted octanol–water partition coefficient (Wildman–Crippen LogP) is 16.4. The Labute approximate surface area is 362 Å². The molecular formula is C52H101NO5. The molecule has 0 unspecified atom stereocenters. The molecule has 0 amide bonds. The molecule has 0 aromatic heterocycles. The van der Waals surface area contributed by atoms with Gasteiger partial charge in [-0.1, -0.05) is 214 Å². The second kappa shape index (κ2) is 42.4. The molecule has 1 saturated carbocycles. The number of carbonyl (C=O) groups is 2. The second-order valence-corrected chi connectivity index (χ2v) is 18.7. The molecule has 344 valence electrons. The van der Waals surface area contributed by atoms with Crippen LogP contribution in [-0.2, 0) is 19.0 Å². The van der Waals surface area contributed by atoms with Crippen LogP contribution in [0.1, 0.15) is 272 Å². The summed E-state index contributed by atoms with van der Waals surface area (Å²) < 4.78 is 17.0. The van der Waals surface area contributed by atoms with Crippen LogP contribution < -0.4 is 5.32 Å². The van der Waals surface area contributed by atoms with Gasteiger partial charge in [-0.3, -0.25) is 4.79 Å². The number of nitrogens with one attached hydrogen (secondary N) is 1. The SMILES string of the molecule is CCCCCCCCCC(CCCCCCCCC)COC(=O)CCCCCCCNC1CC(COC(=O)OCC(CCCCCCCC)CCCCCCCC)C1. The smallest absolute Gasteiger partial charge is 0.465 e. The lowest BCUT2D eigenvalue weighted by Crippen LogP contribution is -2.43. The minimum Gasteiger partial charge on any atom is -0.465 e. The highest BCUT2D eigenvalue weighted by atomic mass is 16.7. The number of esters is 1. The van der Waals surface area contributed by atoms with Gasteiger partial charge in [-0.15, -0.1) is 0 Å². The molecule has 1 aliphatic rings. The normalized spacial score (nSPS) is 15.3. The fourth-order valence-corrected chi connectivity index (χ4v) is 8.79. The molecule has 1 aliphatic carbocycles. The molecule has 0 atom stereocenters. The van der Waals surface area contributed by atoms with E-state index >= 15 is 0 Å². The van der Waals surface area contributed by atoms with E-state index in [1.54, 1.807) is 0 Å². The average Bonchev–Trinajstić information content (AvgIpc) is 3.21. The molecule has 0 aliphatic heterocycles. The Morgan fingerprint density at radius 1 is 0.448 bits per heavy atom. The van der Waals surface area contributed by atoms with E-state index in [9.17, 15) is 9.59 Å². The van der Waals surface area contributed by atoms with Crippen LogP contribution in [0.3, 0.4) is 0 Å². The molecule has 6 nitrogen and oxygen atoms in total. The fourth-order valence-electron chi connectivity index (χ4n) is 8.79. The Morgan fingerprint density at radius 2 is 0.810 bits per heavy atom. The zero-order valence-corrected chi connectivity index (χ0v) is 39.5. The maximum atomic E-state index is 12.6. The van der Waals surface area contributed by atoms with Crippen molar-refractivity contribution in [3.63, 3.8) is 0 Å². The van der Waals surface area contributed by atoms with Gasteiger partial charge in [0.05, 0.1) is 19.8 Å². The minimum atomic E-state index is -0.470. The number of unbranched alkanes of at least 4 members (excludes halogenated alkanes) is 26. The highest BCUT2D eigenvalue weighted by Crippen LogP contribution is 2.28. The average molecular weight is 820 g/mol. The first kappa shape index (κ1) is 54.7. The number of hydrogen-bond acceptors (Lipinski definition) is 6. The van der Waals surface area contributed by atoms with Crippen LogP contribution in [0.5, 0.6) is 0 Å². The first-order valence-corrected chi connectivity index (χ1v) is 26.2. The highest BCUT2D eigenvalue weighted by molar-refractivity contribution is 5.69. The van der Waals surface area contributed by atoms with Gasteiger partial charge in [0.2, 0.25) is 0 Å². The topological polar surface area (TPSA) is 73.9 Å². The van der Waals surface area contributed by atoms with Crippen molar-refractivity contribution >= 4 is 12.1 Å². The van der Waals surface area contributed by atoms with Crippen LogP contribution in [0, 0.1) is 17.8 Å². The largest absolute Gasteiger partial charge is 0.508 e. The molecule has 0 heterocycles. The van der Waals surface area contributed by atoms with E-state index in [2.05, 4.69) is 33.0 Å². The Balaban J connectivity index is 2.12. The van der Waals surface area contributed by atoms with Gasteiger partial charge in [-0.25, -0.2) is 4.79 Å². The molecule has 0 saturated heterocycles. The number of carbonyl (C=O) groups excluding carboxylic acids is 2. The predicted molar refractivity (Wildman–Crippen MR) is 249 cm³/mol. The Hall–Kier alpha value is -1.30. The fraction of sp³-hybridized carbons (Fsp3) is 0.962. The van der Waals surface area contributed by atoms with E-state index in [4.69, 9.17) is 14.2 Å². The zero-order chi connectivity index (χ0) is 42.0. The third-order valence-corrected chi connectivity index (χ3v) is 12.9. The molecule has 6 heteroatoms. The van der Waals surface area contributed by atoms with Crippen LogP contribution in [0.2, 0.25) is 0 Å². The lowest BCUT2D eigenvalue weighted by molar-refractivity contribution is -0.145. The molecular weight excluding hydrogens is 719 g/mol. The van der Waals surface area contributed by atoms with Gasteiger partial charge in [0.1, 0.15) is 0 Å².